The monoisotopic (exact) mass is 574 g/mol. The Morgan fingerprint density at radius 2 is 1.84 bits per heavy atom. The molecule has 1 fully saturated rings. The topological polar surface area (TPSA) is 111 Å². The summed E-state index contributed by atoms with van der Waals surface area (Å²) in [7, 11) is 0. The highest BCUT2D eigenvalue weighted by Crippen LogP contribution is 2.27. The number of halogens is 1. The first-order valence-corrected chi connectivity index (χ1v) is 13.3. The number of amides is 1. The first-order valence-electron chi connectivity index (χ1n) is 12.5. The Morgan fingerprint density at radius 1 is 1.05 bits per heavy atom. The number of carbonyl (C=O) groups excluding carboxylic acids is 3. The molecule has 1 aliphatic rings. The van der Waals surface area contributed by atoms with Gasteiger partial charge in [-0.3, -0.25) is 19.1 Å². The van der Waals surface area contributed by atoms with Gasteiger partial charge in [-0.2, -0.15) is 5.10 Å². The lowest BCUT2D eigenvalue weighted by atomic mass is 9.95. The van der Waals surface area contributed by atoms with Crippen LogP contribution in [0.3, 0.4) is 0 Å². The van der Waals surface area contributed by atoms with E-state index in [0.29, 0.717) is 45.7 Å². The molecular weight excluding hydrogens is 548 g/mol. The van der Waals surface area contributed by atoms with Crippen LogP contribution in [0, 0.1) is 6.92 Å². The largest absolute Gasteiger partial charge is 0.331 e. The summed E-state index contributed by atoms with van der Waals surface area (Å²) in [4.78, 5) is 53.7. The highest BCUT2D eigenvalue weighted by Gasteiger charge is 2.32. The maximum absolute atomic E-state index is 13.5. The minimum atomic E-state index is -0.501. The number of benzene rings is 1. The van der Waals surface area contributed by atoms with Crippen LogP contribution in [0.4, 0.5) is 0 Å². The van der Waals surface area contributed by atoms with Gasteiger partial charge in [-0.1, -0.05) is 12.1 Å². The summed E-state index contributed by atoms with van der Waals surface area (Å²) in [5.74, 6) is 0.267. The van der Waals surface area contributed by atoms with E-state index in [1.165, 1.54) is 6.92 Å². The Kier molecular flexibility index (Phi) is 7.42. The van der Waals surface area contributed by atoms with Gasteiger partial charge in [0.2, 0.25) is 5.91 Å². The predicted octanol–water partition coefficient (Wildman–Crippen LogP) is 4.35. The zero-order chi connectivity index (χ0) is 26.8. The van der Waals surface area contributed by atoms with Gasteiger partial charge in [0, 0.05) is 42.5 Å². The fraction of sp³-hybridized carbons (Fsp3) is 0.321. The van der Waals surface area contributed by atoms with Crippen molar-refractivity contribution < 1.29 is 14.4 Å². The van der Waals surface area contributed by atoms with E-state index < -0.39 is 6.04 Å². The number of likely N-dealkylation sites (tertiary alicyclic amines) is 1. The van der Waals surface area contributed by atoms with Crippen molar-refractivity contribution in [1.29, 1.82) is 0 Å². The summed E-state index contributed by atoms with van der Waals surface area (Å²) >= 11 is 3.35. The number of pyridine rings is 1. The van der Waals surface area contributed by atoms with Gasteiger partial charge < -0.3 is 4.90 Å². The van der Waals surface area contributed by atoms with E-state index in [0.717, 1.165) is 24.0 Å². The number of hydrogen-bond acceptors (Lipinski definition) is 7. The molecule has 0 aliphatic carbocycles. The van der Waals surface area contributed by atoms with Crippen molar-refractivity contribution >= 4 is 44.3 Å². The van der Waals surface area contributed by atoms with Crippen molar-refractivity contribution in [2.75, 3.05) is 6.54 Å². The average Bonchev–Trinajstić information content (AvgIpc) is 3.27. The molecule has 194 valence electrons. The Balaban J connectivity index is 1.40. The van der Waals surface area contributed by atoms with Crippen molar-refractivity contribution in [3.05, 3.63) is 70.6 Å². The van der Waals surface area contributed by atoms with Crippen molar-refractivity contribution in [3.63, 3.8) is 0 Å². The number of nitrogens with zero attached hydrogens (tertiary/aromatic N) is 6. The Morgan fingerprint density at radius 3 is 2.58 bits per heavy atom. The van der Waals surface area contributed by atoms with Gasteiger partial charge in [0.25, 0.3) is 0 Å². The molecule has 10 heteroatoms. The van der Waals surface area contributed by atoms with Crippen LogP contribution >= 0.6 is 15.9 Å². The summed E-state index contributed by atoms with van der Waals surface area (Å²) < 4.78 is 2.24. The molecule has 5 rings (SSSR count). The van der Waals surface area contributed by atoms with Gasteiger partial charge in [-0.05, 0) is 71.9 Å². The molecule has 0 N–H and O–H groups in total. The van der Waals surface area contributed by atoms with E-state index in [1.807, 2.05) is 43.3 Å². The van der Waals surface area contributed by atoms with Crippen LogP contribution in [-0.4, -0.2) is 59.7 Å². The van der Waals surface area contributed by atoms with Gasteiger partial charge in [0.1, 0.15) is 22.7 Å². The van der Waals surface area contributed by atoms with Crippen molar-refractivity contribution in [3.8, 4) is 11.1 Å². The number of hydrogen-bond donors (Lipinski definition) is 0. The predicted molar refractivity (Wildman–Crippen MR) is 146 cm³/mol. The quantitative estimate of drug-likeness (QED) is 0.238. The van der Waals surface area contributed by atoms with Gasteiger partial charge in [0.05, 0.1) is 18.0 Å². The molecule has 0 unspecified atom stereocenters. The number of rotatable bonds is 7. The zero-order valence-electron chi connectivity index (χ0n) is 21.2. The van der Waals surface area contributed by atoms with Crippen LogP contribution in [0.2, 0.25) is 0 Å². The van der Waals surface area contributed by atoms with Gasteiger partial charge in [-0.25, -0.2) is 15.0 Å². The molecule has 1 aromatic carbocycles. The lowest BCUT2D eigenvalue weighted by Gasteiger charge is -2.34. The highest BCUT2D eigenvalue weighted by atomic mass is 79.9. The maximum atomic E-state index is 13.5. The van der Waals surface area contributed by atoms with Crippen molar-refractivity contribution in [2.45, 2.75) is 52.1 Å². The van der Waals surface area contributed by atoms with E-state index in [1.54, 1.807) is 22.0 Å². The van der Waals surface area contributed by atoms with Crippen LogP contribution in [-0.2, 0) is 22.6 Å². The third-order valence-corrected chi connectivity index (χ3v) is 7.25. The molecule has 0 radical (unpaired) electrons. The van der Waals surface area contributed by atoms with Gasteiger partial charge >= 0.3 is 0 Å². The second kappa shape index (κ2) is 10.9. The van der Waals surface area contributed by atoms with E-state index in [-0.39, 0.29) is 30.4 Å². The van der Waals surface area contributed by atoms with Gasteiger partial charge in [-0.15, -0.1) is 0 Å². The van der Waals surface area contributed by atoms with Crippen molar-refractivity contribution in [1.82, 2.24) is 29.6 Å². The third kappa shape index (κ3) is 5.40. The van der Waals surface area contributed by atoms with E-state index in [4.69, 9.17) is 0 Å². The molecule has 1 saturated heterocycles. The maximum Gasteiger partial charge on any atom is 0.244 e. The number of Topliss-reactive ketones (excluding diaryl/α,β-unsaturated/α-hetero) is 2. The lowest BCUT2D eigenvalue weighted by Crippen LogP contribution is -2.49. The SMILES string of the molecule is CC(=O)c1nn(CC(=O)N2CCCC[C@@H]2C(=O)Cc2cccc(Br)n2)c2ccc(-c3cnc(C)nc3)cc12. The number of aryl methyl sites for hydroxylation is 1. The number of ketones is 2. The van der Waals surface area contributed by atoms with Crippen LogP contribution in [0.1, 0.15) is 48.2 Å². The second-order valence-corrected chi connectivity index (χ2v) is 10.3. The Bertz CT molecular complexity index is 1530. The van der Waals surface area contributed by atoms with E-state index in [9.17, 15) is 14.4 Å². The Labute approximate surface area is 228 Å². The molecule has 38 heavy (non-hydrogen) atoms. The second-order valence-electron chi connectivity index (χ2n) is 9.51. The molecule has 0 spiro atoms. The minimum absolute atomic E-state index is 0.0247. The third-order valence-electron chi connectivity index (χ3n) is 6.81. The van der Waals surface area contributed by atoms with Crippen LogP contribution in [0.25, 0.3) is 22.0 Å². The Hall–Kier alpha value is -3.79. The molecule has 3 aromatic heterocycles. The summed E-state index contributed by atoms with van der Waals surface area (Å²) in [5.41, 5.74) is 3.33. The van der Waals surface area contributed by atoms with Crippen LogP contribution in [0.15, 0.2) is 53.4 Å². The van der Waals surface area contributed by atoms with E-state index in [2.05, 4.69) is 36.0 Å². The summed E-state index contributed by atoms with van der Waals surface area (Å²) in [6.45, 7) is 3.73. The van der Waals surface area contributed by atoms with Crippen molar-refractivity contribution in [2.24, 2.45) is 0 Å². The average molecular weight is 575 g/mol. The molecule has 9 nitrogen and oxygen atoms in total. The number of piperidine rings is 1. The zero-order valence-corrected chi connectivity index (χ0v) is 22.8. The molecule has 1 aliphatic heterocycles. The molecular formula is C28H27BrN6O3. The highest BCUT2D eigenvalue weighted by molar-refractivity contribution is 9.10. The molecule has 1 amide bonds. The molecule has 0 bridgehead atoms. The fourth-order valence-corrected chi connectivity index (χ4v) is 5.29. The molecule has 0 saturated carbocycles. The number of aromatic nitrogens is 5. The van der Waals surface area contributed by atoms with Gasteiger partial charge in [0.15, 0.2) is 11.6 Å². The molecule has 4 aromatic rings. The smallest absolute Gasteiger partial charge is 0.244 e. The summed E-state index contributed by atoms with van der Waals surface area (Å²) in [6.07, 6.45) is 5.99. The molecule has 1 atom stereocenters. The van der Waals surface area contributed by atoms with Crippen LogP contribution < -0.4 is 0 Å². The number of fused-ring (bicyclic) bond motifs is 1. The van der Waals surface area contributed by atoms with E-state index >= 15 is 0 Å². The lowest BCUT2D eigenvalue weighted by molar-refractivity contribution is -0.141. The first kappa shape index (κ1) is 25.8. The van der Waals surface area contributed by atoms with Crippen LogP contribution in [0.5, 0.6) is 0 Å². The fourth-order valence-electron chi connectivity index (χ4n) is 4.91. The standard InChI is InChI=1S/C28H27BrN6O3/c1-17(36)28-22-12-19(20-14-30-18(2)31-15-20)9-10-23(22)35(33-28)16-27(38)34-11-4-3-7-24(34)25(37)13-21-6-5-8-26(29)32-21/h5-6,8-10,12,14-15,24H,3-4,7,11,13,16H2,1-2H3/t24-/m1/s1. The minimum Gasteiger partial charge on any atom is -0.331 e. The first-order chi connectivity index (χ1) is 18.3. The molecule has 4 heterocycles. The summed E-state index contributed by atoms with van der Waals surface area (Å²) in [6, 6.07) is 10.6. The summed E-state index contributed by atoms with van der Waals surface area (Å²) in [5, 5.41) is 5.17. The number of carbonyl (C=O) groups is 3. The normalized spacial score (nSPS) is 15.6.